The van der Waals surface area contributed by atoms with Gasteiger partial charge in [0.25, 0.3) is 0 Å². The van der Waals surface area contributed by atoms with Gasteiger partial charge in [0.2, 0.25) is 0 Å². The molecule has 1 aromatic carbocycles. The second kappa shape index (κ2) is 8.73. The number of anilines is 1. The van der Waals surface area contributed by atoms with E-state index in [4.69, 9.17) is 11.6 Å². The molecule has 10 heteroatoms. The van der Waals surface area contributed by atoms with Gasteiger partial charge in [0, 0.05) is 29.4 Å². The molecule has 0 saturated heterocycles. The van der Waals surface area contributed by atoms with Crippen molar-refractivity contribution in [3.63, 3.8) is 0 Å². The van der Waals surface area contributed by atoms with Crippen LogP contribution < -0.4 is 5.01 Å². The van der Waals surface area contributed by atoms with Gasteiger partial charge in [0.15, 0.2) is 5.82 Å². The van der Waals surface area contributed by atoms with Crippen LogP contribution in [-0.2, 0) is 6.61 Å². The van der Waals surface area contributed by atoms with Crippen LogP contribution >= 0.6 is 11.6 Å². The summed E-state index contributed by atoms with van der Waals surface area (Å²) < 4.78 is 0. The van der Waals surface area contributed by atoms with Crippen LogP contribution in [0.4, 0.5) is 5.82 Å². The van der Waals surface area contributed by atoms with Gasteiger partial charge in [0.05, 0.1) is 35.8 Å². The molecule has 0 radical (unpaired) electrons. The van der Waals surface area contributed by atoms with E-state index in [-0.39, 0.29) is 29.4 Å². The lowest BCUT2D eigenvalue weighted by molar-refractivity contribution is 0.280. The highest BCUT2D eigenvalue weighted by Crippen LogP contribution is 2.28. The van der Waals surface area contributed by atoms with Gasteiger partial charge in [-0.3, -0.25) is 4.98 Å². The Morgan fingerprint density at radius 1 is 1.33 bits per heavy atom. The minimum absolute atomic E-state index is 0.104. The maximum Gasteiger partial charge on any atom is 0.176 e. The lowest BCUT2D eigenvalue weighted by atomic mass is 10.1. The van der Waals surface area contributed by atoms with E-state index < -0.39 is 0 Å². The summed E-state index contributed by atoms with van der Waals surface area (Å²) >= 11 is 6.01. The number of aliphatic hydroxyl groups excluding tert-OH is 2. The zero-order valence-electron chi connectivity index (χ0n) is 16.1. The zero-order chi connectivity index (χ0) is 21.8. The number of nitrogens with zero attached hydrogens (tertiary/aromatic N) is 6. The van der Waals surface area contributed by atoms with Crippen molar-refractivity contribution in [3.8, 4) is 11.8 Å². The van der Waals surface area contributed by atoms with Crippen LogP contribution in [-0.4, -0.2) is 43.5 Å². The smallest absolute Gasteiger partial charge is 0.176 e. The number of benzene rings is 1. The van der Waals surface area contributed by atoms with Gasteiger partial charge in [-0.1, -0.05) is 11.6 Å². The van der Waals surface area contributed by atoms with Crippen molar-refractivity contribution in [2.24, 2.45) is 5.10 Å². The van der Waals surface area contributed by atoms with Gasteiger partial charge in [0.1, 0.15) is 23.1 Å². The largest absolute Gasteiger partial charge is 0.514 e. The molecule has 3 aromatic rings. The van der Waals surface area contributed by atoms with E-state index in [1.165, 1.54) is 17.4 Å². The summed E-state index contributed by atoms with van der Waals surface area (Å²) in [5.74, 6) is 0.0878. The Kier molecular flexibility index (Phi) is 6.11. The molecule has 0 bridgehead atoms. The molecule has 9 nitrogen and oxygen atoms in total. The van der Waals surface area contributed by atoms with Gasteiger partial charge < -0.3 is 15.3 Å². The number of nitriles is 1. The van der Waals surface area contributed by atoms with Crippen molar-refractivity contribution in [3.05, 3.63) is 58.2 Å². The summed E-state index contributed by atoms with van der Waals surface area (Å²) in [5.41, 5.74) is 2.02. The highest BCUT2D eigenvalue weighted by Gasteiger charge is 2.18. The van der Waals surface area contributed by atoms with Crippen LogP contribution in [0.1, 0.15) is 22.5 Å². The molecule has 3 rings (SSSR count). The number of fused-ring (bicyclic) bond motifs is 1. The number of allylic oxidation sites excluding steroid dienone is 1. The molecule has 3 N–H and O–H groups in total. The predicted octanol–water partition coefficient (Wildman–Crippen LogP) is 3.08. The lowest BCUT2D eigenvalue weighted by Gasteiger charge is -2.16. The number of hydrazone groups is 1. The van der Waals surface area contributed by atoms with Crippen LogP contribution in [0.2, 0.25) is 5.02 Å². The number of rotatable bonds is 5. The predicted molar refractivity (Wildman–Crippen MR) is 113 cm³/mol. The van der Waals surface area contributed by atoms with Gasteiger partial charge in [-0.15, -0.1) is 0 Å². The van der Waals surface area contributed by atoms with Crippen molar-refractivity contribution < 1.29 is 15.3 Å². The normalized spacial score (nSPS) is 11.8. The SMILES string of the molecule is Cc1ncc(CO)c(/C=N/N(C)c2nc3ccc(Cl)cc3nc2/C(C#N)=C\O)c1O. The first-order chi connectivity index (χ1) is 14.4. The van der Waals surface area contributed by atoms with Crippen molar-refractivity contribution in [1.82, 2.24) is 15.0 Å². The Balaban J connectivity index is 2.13. The zero-order valence-corrected chi connectivity index (χ0v) is 16.8. The first-order valence-electron chi connectivity index (χ1n) is 8.67. The molecule has 0 amide bonds. The highest BCUT2D eigenvalue weighted by molar-refractivity contribution is 6.31. The number of aromatic nitrogens is 3. The molecule has 2 aromatic heterocycles. The Hall–Kier alpha value is -3.74. The second-order valence-electron chi connectivity index (χ2n) is 6.24. The van der Waals surface area contributed by atoms with Crippen molar-refractivity contribution in [2.45, 2.75) is 13.5 Å². The molecule has 0 spiro atoms. The van der Waals surface area contributed by atoms with Crippen molar-refractivity contribution in [2.75, 3.05) is 12.1 Å². The maximum atomic E-state index is 10.3. The minimum Gasteiger partial charge on any atom is -0.514 e. The lowest BCUT2D eigenvalue weighted by Crippen LogP contribution is -2.15. The molecule has 152 valence electrons. The number of aryl methyl sites for hydroxylation is 1. The van der Waals surface area contributed by atoms with Crippen molar-refractivity contribution in [1.29, 1.82) is 5.26 Å². The maximum absolute atomic E-state index is 10.3. The third kappa shape index (κ3) is 4.00. The van der Waals surface area contributed by atoms with Crippen LogP contribution in [0.3, 0.4) is 0 Å². The molecule has 0 unspecified atom stereocenters. The summed E-state index contributed by atoms with van der Waals surface area (Å²) in [6.07, 6.45) is 3.44. The number of halogens is 1. The van der Waals surface area contributed by atoms with E-state index in [1.807, 2.05) is 6.07 Å². The number of hydrogen-bond donors (Lipinski definition) is 3. The van der Waals surface area contributed by atoms with Crippen LogP contribution in [0.25, 0.3) is 16.6 Å². The fourth-order valence-electron chi connectivity index (χ4n) is 2.69. The molecule has 0 aliphatic rings. The van der Waals surface area contributed by atoms with Crippen LogP contribution in [0, 0.1) is 18.3 Å². The second-order valence-corrected chi connectivity index (χ2v) is 6.68. The van der Waals surface area contributed by atoms with Gasteiger partial charge in [-0.2, -0.15) is 10.4 Å². The third-order valence-corrected chi connectivity index (χ3v) is 4.54. The molecule has 2 heterocycles. The van der Waals surface area contributed by atoms with E-state index in [0.717, 1.165) is 0 Å². The van der Waals surface area contributed by atoms with E-state index >= 15 is 0 Å². The van der Waals surface area contributed by atoms with Crippen LogP contribution in [0.15, 0.2) is 35.8 Å². The first-order valence-corrected chi connectivity index (χ1v) is 9.05. The Morgan fingerprint density at radius 3 is 2.77 bits per heavy atom. The number of hydrogen-bond acceptors (Lipinski definition) is 9. The summed E-state index contributed by atoms with van der Waals surface area (Å²) in [6.45, 7) is 1.29. The Morgan fingerprint density at radius 2 is 2.10 bits per heavy atom. The highest BCUT2D eigenvalue weighted by atomic mass is 35.5. The average molecular weight is 425 g/mol. The van der Waals surface area contributed by atoms with Gasteiger partial charge in [-0.25, -0.2) is 15.0 Å². The molecule has 0 atom stereocenters. The number of aliphatic hydroxyl groups is 2. The number of aromatic hydroxyl groups is 1. The summed E-state index contributed by atoms with van der Waals surface area (Å²) in [6, 6.07) is 6.79. The molecular weight excluding hydrogens is 408 g/mol. The molecular formula is C20H17ClN6O3. The molecule has 0 aliphatic carbocycles. The van der Waals surface area contributed by atoms with E-state index in [0.29, 0.717) is 39.1 Å². The monoisotopic (exact) mass is 424 g/mol. The topological polar surface area (TPSA) is 139 Å². The molecule has 30 heavy (non-hydrogen) atoms. The fraction of sp³-hybridized carbons (Fsp3) is 0.150. The summed E-state index contributed by atoms with van der Waals surface area (Å²) in [4.78, 5) is 12.9. The fourth-order valence-corrected chi connectivity index (χ4v) is 2.86. The standard InChI is InChI=1S/C20H17ClN6O3/c1-11-19(30)15(13(10-29)7-23-11)8-24-27(2)20-18(12(6-22)9-28)25-17-5-14(21)3-4-16(17)26-20/h3-5,7-9,28-30H,10H2,1-2H3/b12-9-,24-8+. The minimum atomic E-state index is -0.334. The van der Waals surface area contributed by atoms with Crippen molar-refractivity contribution >= 4 is 40.2 Å². The molecule has 0 aliphatic heterocycles. The quantitative estimate of drug-likeness (QED) is 0.246. The molecule has 0 fully saturated rings. The number of pyridine rings is 1. The Labute approximate surface area is 176 Å². The Bertz CT molecular complexity index is 1220. The van der Waals surface area contributed by atoms with E-state index in [2.05, 4.69) is 20.1 Å². The van der Waals surface area contributed by atoms with Gasteiger partial charge >= 0.3 is 0 Å². The third-order valence-electron chi connectivity index (χ3n) is 4.31. The van der Waals surface area contributed by atoms with Gasteiger partial charge in [-0.05, 0) is 25.1 Å². The van der Waals surface area contributed by atoms with E-state index in [1.54, 1.807) is 32.2 Å². The van der Waals surface area contributed by atoms with E-state index in [9.17, 15) is 20.6 Å². The first kappa shape index (κ1) is 21.0. The van der Waals surface area contributed by atoms with Crippen LogP contribution in [0.5, 0.6) is 5.75 Å². The summed E-state index contributed by atoms with van der Waals surface area (Å²) in [5, 5.41) is 44.7. The molecule has 0 saturated carbocycles. The summed E-state index contributed by atoms with van der Waals surface area (Å²) in [7, 11) is 1.57. The average Bonchev–Trinajstić information content (AvgIpc) is 2.74.